The molecule has 2 amide bonds. The average molecular weight is 344 g/mol. The Kier molecular flexibility index (Phi) is 4.83. The first-order chi connectivity index (χ1) is 11.8. The zero-order chi connectivity index (χ0) is 18.1. The predicted octanol–water partition coefficient (Wildman–Crippen LogP) is 2.91. The Morgan fingerprint density at radius 2 is 2.16 bits per heavy atom. The summed E-state index contributed by atoms with van der Waals surface area (Å²) >= 11 is 0. The number of anilines is 1. The molecule has 0 aromatic carbocycles. The number of nitrogens with one attached hydrogen (secondary N) is 1. The molecule has 3 heterocycles. The fourth-order valence-electron chi connectivity index (χ4n) is 3.63. The number of carbonyl (C=O) groups is 1. The standard InChI is InChI=1S/C18H28N6O/c1-12(2)24-14(4)17(13(3)21-24)20-18(25)23-7-6-15(11-23)8-16-9-19-22(5)10-16/h9-10,12,15H,6-8,11H2,1-5H3,(H,20,25). The molecule has 1 N–H and O–H groups in total. The number of nitrogens with zero attached hydrogens (tertiary/aromatic N) is 5. The third-order valence-electron chi connectivity index (χ3n) is 4.90. The lowest BCUT2D eigenvalue weighted by Gasteiger charge is -2.18. The second-order valence-corrected chi connectivity index (χ2v) is 7.34. The highest BCUT2D eigenvalue weighted by Gasteiger charge is 2.27. The minimum absolute atomic E-state index is 0.0248. The van der Waals surface area contributed by atoms with Gasteiger partial charge in [0, 0.05) is 32.4 Å². The minimum Gasteiger partial charge on any atom is -0.324 e. The monoisotopic (exact) mass is 344 g/mol. The van der Waals surface area contributed by atoms with Crippen molar-refractivity contribution < 1.29 is 4.79 Å². The Labute approximate surface area is 149 Å². The molecule has 0 saturated carbocycles. The van der Waals surface area contributed by atoms with Crippen molar-refractivity contribution in [2.24, 2.45) is 13.0 Å². The van der Waals surface area contributed by atoms with Crippen LogP contribution in [0.4, 0.5) is 10.5 Å². The van der Waals surface area contributed by atoms with Gasteiger partial charge in [0.1, 0.15) is 0 Å². The number of hydrogen-bond donors (Lipinski definition) is 1. The van der Waals surface area contributed by atoms with Crippen LogP contribution >= 0.6 is 0 Å². The molecule has 1 fully saturated rings. The second-order valence-electron chi connectivity index (χ2n) is 7.34. The molecule has 25 heavy (non-hydrogen) atoms. The number of aromatic nitrogens is 4. The Morgan fingerprint density at radius 1 is 1.40 bits per heavy atom. The molecule has 7 nitrogen and oxygen atoms in total. The van der Waals surface area contributed by atoms with Gasteiger partial charge in [0.25, 0.3) is 0 Å². The molecule has 0 aliphatic carbocycles. The molecule has 3 rings (SSSR count). The number of hydrogen-bond acceptors (Lipinski definition) is 3. The first kappa shape index (κ1) is 17.5. The van der Waals surface area contributed by atoms with E-state index in [0.717, 1.165) is 43.0 Å². The van der Waals surface area contributed by atoms with E-state index in [2.05, 4.69) is 35.6 Å². The fourth-order valence-corrected chi connectivity index (χ4v) is 3.63. The molecule has 2 aromatic heterocycles. The van der Waals surface area contributed by atoms with E-state index < -0.39 is 0 Å². The van der Waals surface area contributed by atoms with Crippen molar-refractivity contribution in [1.82, 2.24) is 24.5 Å². The summed E-state index contributed by atoms with van der Waals surface area (Å²) in [6, 6.07) is 0.253. The quantitative estimate of drug-likeness (QED) is 0.927. The normalized spacial score (nSPS) is 17.5. The third-order valence-corrected chi connectivity index (χ3v) is 4.90. The molecular formula is C18H28N6O. The molecule has 136 valence electrons. The smallest absolute Gasteiger partial charge is 0.321 e. The molecule has 0 spiro atoms. The molecule has 0 radical (unpaired) electrons. The van der Waals surface area contributed by atoms with Crippen LogP contribution in [-0.2, 0) is 13.5 Å². The zero-order valence-electron chi connectivity index (χ0n) is 15.8. The minimum atomic E-state index is -0.0248. The summed E-state index contributed by atoms with van der Waals surface area (Å²) < 4.78 is 3.78. The van der Waals surface area contributed by atoms with Gasteiger partial charge in [0.15, 0.2) is 0 Å². The maximum Gasteiger partial charge on any atom is 0.321 e. The molecule has 2 aromatic rings. The summed E-state index contributed by atoms with van der Waals surface area (Å²) in [5.41, 5.74) is 3.95. The van der Waals surface area contributed by atoms with E-state index in [1.54, 1.807) is 0 Å². The van der Waals surface area contributed by atoms with E-state index in [-0.39, 0.29) is 12.1 Å². The lowest BCUT2D eigenvalue weighted by Crippen LogP contribution is -2.33. The molecule has 1 unspecified atom stereocenters. The van der Waals surface area contributed by atoms with Gasteiger partial charge in [0.2, 0.25) is 0 Å². The lowest BCUT2D eigenvalue weighted by atomic mass is 10.0. The number of urea groups is 1. The van der Waals surface area contributed by atoms with Gasteiger partial charge in [0.05, 0.1) is 23.3 Å². The lowest BCUT2D eigenvalue weighted by molar-refractivity contribution is 0.220. The van der Waals surface area contributed by atoms with Crippen LogP contribution in [0.15, 0.2) is 12.4 Å². The molecule has 1 aliphatic rings. The van der Waals surface area contributed by atoms with E-state index >= 15 is 0 Å². The second kappa shape index (κ2) is 6.90. The summed E-state index contributed by atoms with van der Waals surface area (Å²) in [5, 5.41) is 11.8. The van der Waals surface area contributed by atoms with Gasteiger partial charge in [-0.2, -0.15) is 10.2 Å². The molecule has 1 atom stereocenters. The zero-order valence-corrected chi connectivity index (χ0v) is 15.8. The van der Waals surface area contributed by atoms with Crippen LogP contribution in [0.5, 0.6) is 0 Å². The Bertz CT molecular complexity index is 760. The maximum absolute atomic E-state index is 12.7. The van der Waals surface area contributed by atoms with Crippen LogP contribution < -0.4 is 5.32 Å². The third kappa shape index (κ3) is 3.70. The SMILES string of the molecule is Cc1nn(C(C)C)c(C)c1NC(=O)N1CCC(Cc2cnn(C)c2)C1. The molecular weight excluding hydrogens is 316 g/mol. The van der Waals surface area contributed by atoms with E-state index in [0.29, 0.717) is 5.92 Å². The Balaban J connectivity index is 1.61. The fraction of sp³-hybridized carbons (Fsp3) is 0.611. The van der Waals surface area contributed by atoms with Gasteiger partial charge in [-0.25, -0.2) is 4.79 Å². The number of likely N-dealkylation sites (tertiary alicyclic amines) is 1. The highest BCUT2D eigenvalue weighted by atomic mass is 16.2. The molecule has 0 bridgehead atoms. The van der Waals surface area contributed by atoms with Crippen LogP contribution in [-0.4, -0.2) is 43.6 Å². The molecule has 1 saturated heterocycles. The molecule has 7 heteroatoms. The van der Waals surface area contributed by atoms with Gasteiger partial charge in [-0.1, -0.05) is 0 Å². The van der Waals surface area contributed by atoms with Crippen molar-refractivity contribution in [3.8, 4) is 0 Å². The summed E-state index contributed by atoms with van der Waals surface area (Å²) in [4.78, 5) is 14.6. The van der Waals surface area contributed by atoms with Crippen LogP contribution in [0.25, 0.3) is 0 Å². The maximum atomic E-state index is 12.7. The number of aryl methyl sites for hydroxylation is 2. The van der Waals surface area contributed by atoms with Gasteiger partial charge in [-0.15, -0.1) is 0 Å². The van der Waals surface area contributed by atoms with Gasteiger partial charge in [-0.3, -0.25) is 9.36 Å². The number of rotatable bonds is 4. The first-order valence-electron chi connectivity index (χ1n) is 8.94. The highest BCUT2D eigenvalue weighted by Crippen LogP contribution is 2.25. The van der Waals surface area contributed by atoms with Crippen molar-refractivity contribution in [3.05, 3.63) is 29.3 Å². The topological polar surface area (TPSA) is 68.0 Å². The largest absolute Gasteiger partial charge is 0.324 e. The van der Waals surface area contributed by atoms with E-state index in [1.807, 2.05) is 41.4 Å². The highest BCUT2D eigenvalue weighted by molar-refractivity contribution is 5.90. The number of carbonyl (C=O) groups excluding carboxylic acids is 1. The van der Waals surface area contributed by atoms with Crippen LogP contribution in [0.1, 0.15) is 43.3 Å². The Morgan fingerprint density at radius 3 is 2.76 bits per heavy atom. The molecule has 1 aliphatic heterocycles. The number of amides is 2. The van der Waals surface area contributed by atoms with Crippen molar-refractivity contribution in [2.45, 2.75) is 46.6 Å². The van der Waals surface area contributed by atoms with Gasteiger partial charge in [-0.05, 0) is 52.0 Å². The summed E-state index contributed by atoms with van der Waals surface area (Å²) in [7, 11) is 1.93. The Hall–Kier alpha value is -2.31. The van der Waals surface area contributed by atoms with Crippen LogP contribution in [0, 0.1) is 19.8 Å². The van der Waals surface area contributed by atoms with Crippen molar-refractivity contribution in [3.63, 3.8) is 0 Å². The van der Waals surface area contributed by atoms with Crippen molar-refractivity contribution in [1.29, 1.82) is 0 Å². The summed E-state index contributed by atoms with van der Waals surface area (Å²) in [6.07, 6.45) is 5.97. The van der Waals surface area contributed by atoms with Gasteiger partial charge < -0.3 is 10.2 Å². The van der Waals surface area contributed by atoms with E-state index in [9.17, 15) is 4.79 Å². The first-order valence-corrected chi connectivity index (χ1v) is 8.94. The van der Waals surface area contributed by atoms with Crippen LogP contribution in [0.2, 0.25) is 0 Å². The predicted molar refractivity (Wildman–Crippen MR) is 97.7 cm³/mol. The van der Waals surface area contributed by atoms with Crippen molar-refractivity contribution >= 4 is 11.7 Å². The van der Waals surface area contributed by atoms with E-state index in [1.165, 1.54) is 5.56 Å². The van der Waals surface area contributed by atoms with E-state index in [4.69, 9.17) is 0 Å². The average Bonchev–Trinajstić information content (AvgIpc) is 3.24. The summed E-state index contributed by atoms with van der Waals surface area (Å²) in [5.74, 6) is 0.496. The van der Waals surface area contributed by atoms with Gasteiger partial charge >= 0.3 is 6.03 Å². The summed E-state index contributed by atoms with van der Waals surface area (Å²) in [6.45, 7) is 9.72. The van der Waals surface area contributed by atoms with Crippen molar-refractivity contribution in [2.75, 3.05) is 18.4 Å². The van der Waals surface area contributed by atoms with Crippen LogP contribution in [0.3, 0.4) is 0 Å².